The van der Waals surface area contributed by atoms with Crippen molar-refractivity contribution in [3.8, 4) is 5.75 Å². The third kappa shape index (κ3) is 8.33. The van der Waals surface area contributed by atoms with E-state index >= 15 is 0 Å². The lowest BCUT2D eigenvalue weighted by Crippen LogP contribution is -2.48. The van der Waals surface area contributed by atoms with Gasteiger partial charge in [0.2, 0.25) is 5.91 Å². The number of aliphatic carboxylic acids is 2. The second-order valence-corrected chi connectivity index (χ2v) is 8.64. The highest BCUT2D eigenvalue weighted by molar-refractivity contribution is 5.84. The lowest BCUT2D eigenvalue weighted by Gasteiger charge is -2.32. The van der Waals surface area contributed by atoms with Gasteiger partial charge in [-0.3, -0.25) is 14.4 Å². The molecule has 0 aromatic heterocycles. The summed E-state index contributed by atoms with van der Waals surface area (Å²) >= 11 is 0. The van der Waals surface area contributed by atoms with E-state index in [1.807, 2.05) is 24.3 Å². The Morgan fingerprint density at radius 1 is 1.09 bits per heavy atom. The molecule has 1 aliphatic carbocycles. The SMILES string of the molecule is COCCC(CC1(C(=O)NC(COCc2ccc(OC)cc2)CC(=O)O)CCCC1)C(=O)O. The number of hydrogen-bond acceptors (Lipinski definition) is 6. The lowest BCUT2D eigenvalue weighted by molar-refractivity contribution is -0.145. The minimum atomic E-state index is -1.04. The van der Waals surface area contributed by atoms with Crippen molar-refractivity contribution in [1.29, 1.82) is 0 Å². The first kappa shape index (κ1) is 26.6. The van der Waals surface area contributed by atoms with E-state index in [1.54, 1.807) is 7.11 Å². The molecule has 0 aliphatic heterocycles. The van der Waals surface area contributed by atoms with Crippen LogP contribution in [0.2, 0.25) is 0 Å². The van der Waals surface area contributed by atoms with Crippen LogP contribution in [0.1, 0.15) is 50.5 Å². The summed E-state index contributed by atoms with van der Waals surface area (Å²) in [6, 6.07) is 6.60. The molecule has 1 amide bonds. The number of carbonyl (C=O) groups is 3. The van der Waals surface area contributed by atoms with Gasteiger partial charge in [0, 0.05) is 13.7 Å². The van der Waals surface area contributed by atoms with Gasteiger partial charge in [0.25, 0.3) is 0 Å². The third-order valence-electron chi connectivity index (χ3n) is 6.20. The second-order valence-electron chi connectivity index (χ2n) is 8.64. The maximum Gasteiger partial charge on any atom is 0.306 e. The van der Waals surface area contributed by atoms with Gasteiger partial charge in [-0.1, -0.05) is 25.0 Å². The molecule has 0 bridgehead atoms. The van der Waals surface area contributed by atoms with E-state index in [0.717, 1.165) is 24.2 Å². The third-order valence-corrected chi connectivity index (χ3v) is 6.20. The van der Waals surface area contributed by atoms with Gasteiger partial charge in [0.15, 0.2) is 0 Å². The van der Waals surface area contributed by atoms with E-state index in [-0.39, 0.29) is 32.0 Å². The summed E-state index contributed by atoms with van der Waals surface area (Å²) in [6.45, 7) is 0.598. The molecule has 9 heteroatoms. The van der Waals surface area contributed by atoms with E-state index in [2.05, 4.69) is 5.32 Å². The summed E-state index contributed by atoms with van der Waals surface area (Å²) in [6.07, 6.45) is 3.10. The van der Waals surface area contributed by atoms with Crippen LogP contribution in [0.5, 0.6) is 5.75 Å². The molecule has 9 nitrogen and oxygen atoms in total. The zero-order valence-corrected chi connectivity index (χ0v) is 19.4. The number of amides is 1. The maximum atomic E-state index is 13.3. The van der Waals surface area contributed by atoms with E-state index < -0.39 is 29.3 Å². The van der Waals surface area contributed by atoms with Gasteiger partial charge in [-0.15, -0.1) is 0 Å². The normalized spacial score (nSPS) is 16.7. The fraction of sp³-hybridized carbons (Fsp3) is 0.625. The number of carboxylic acid groups (broad SMARTS) is 2. The second kappa shape index (κ2) is 13.2. The highest BCUT2D eigenvalue weighted by Gasteiger charge is 2.44. The van der Waals surface area contributed by atoms with Crippen molar-refractivity contribution in [2.75, 3.05) is 27.4 Å². The van der Waals surface area contributed by atoms with Crippen molar-refractivity contribution < 1.29 is 38.8 Å². The van der Waals surface area contributed by atoms with E-state index in [9.17, 15) is 24.6 Å². The number of carbonyl (C=O) groups excluding carboxylic acids is 1. The Kier molecular flexibility index (Phi) is 10.6. The smallest absolute Gasteiger partial charge is 0.306 e. The monoisotopic (exact) mass is 465 g/mol. The molecule has 33 heavy (non-hydrogen) atoms. The Labute approximate surface area is 194 Å². The number of hydrogen-bond donors (Lipinski definition) is 3. The first-order valence-electron chi connectivity index (χ1n) is 11.2. The summed E-state index contributed by atoms with van der Waals surface area (Å²) in [7, 11) is 3.09. The average Bonchev–Trinajstić information content (AvgIpc) is 3.26. The van der Waals surface area contributed by atoms with Crippen LogP contribution >= 0.6 is 0 Å². The van der Waals surface area contributed by atoms with Gasteiger partial charge < -0.3 is 29.7 Å². The molecule has 1 aliphatic rings. The molecule has 1 aromatic rings. The number of methoxy groups -OCH3 is 2. The van der Waals surface area contributed by atoms with Gasteiger partial charge in [0.05, 0.1) is 44.1 Å². The number of nitrogens with one attached hydrogen (secondary N) is 1. The Morgan fingerprint density at radius 2 is 1.76 bits per heavy atom. The molecule has 1 fully saturated rings. The topological polar surface area (TPSA) is 131 Å². The molecule has 184 valence electrons. The minimum Gasteiger partial charge on any atom is -0.497 e. The molecule has 2 atom stereocenters. The van der Waals surface area contributed by atoms with Crippen molar-refractivity contribution in [1.82, 2.24) is 5.32 Å². The van der Waals surface area contributed by atoms with Crippen LogP contribution in [0.15, 0.2) is 24.3 Å². The highest BCUT2D eigenvalue weighted by atomic mass is 16.5. The average molecular weight is 466 g/mol. The Hall–Kier alpha value is -2.65. The van der Waals surface area contributed by atoms with Gasteiger partial charge in [0.1, 0.15) is 5.75 Å². The summed E-state index contributed by atoms with van der Waals surface area (Å²) < 4.78 is 15.8. The number of benzene rings is 1. The van der Waals surface area contributed by atoms with Crippen molar-refractivity contribution in [3.05, 3.63) is 29.8 Å². The predicted octanol–water partition coefficient (Wildman–Crippen LogP) is 2.86. The van der Waals surface area contributed by atoms with Crippen LogP contribution in [0.3, 0.4) is 0 Å². The van der Waals surface area contributed by atoms with Crippen LogP contribution in [-0.2, 0) is 30.5 Å². The van der Waals surface area contributed by atoms with Crippen LogP contribution in [0, 0.1) is 11.3 Å². The summed E-state index contributed by atoms with van der Waals surface area (Å²) in [5.41, 5.74) is 0.0784. The molecule has 0 saturated heterocycles. The Bertz CT molecular complexity index is 773. The minimum absolute atomic E-state index is 0.0339. The zero-order valence-electron chi connectivity index (χ0n) is 19.4. The first-order chi connectivity index (χ1) is 15.8. The molecular weight excluding hydrogens is 430 g/mol. The summed E-state index contributed by atoms with van der Waals surface area (Å²) in [4.78, 5) is 36.4. The summed E-state index contributed by atoms with van der Waals surface area (Å²) in [5.74, 6) is -2.25. The van der Waals surface area contributed by atoms with E-state index in [1.165, 1.54) is 7.11 Å². The van der Waals surface area contributed by atoms with E-state index in [4.69, 9.17) is 14.2 Å². The molecule has 1 aromatic carbocycles. The Balaban J connectivity index is 2.02. The van der Waals surface area contributed by atoms with Crippen LogP contribution in [0.4, 0.5) is 0 Å². The molecule has 1 saturated carbocycles. The fourth-order valence-electron chi connectivity index (χ4n) is 4.36. The van der Waals surface area contributed by atoms with Crippen LogP contribution in [-0.4, -0.2) is 61.5 Å². The van der Waals surface area contributed by atoms with Crippen molar-refractivity contribution in [2.45, 2.75) is 57.6 Å². The number of rotatable bonds is 15. The molecule has 2 rings (SSSR count). The molecule has 3 N–H and O–H groups in total. The molecule has 0 spiro atoms. The van der Waals surface area contributed by atoms with Gasteiger partial charge in [-0.05, 0) is 43.4 Å². The fourth-order valence-corrected chi connectivity index (χ4v) is 4.36. The predicted molar refractivity (Wildman–Crippen MR) is 120 cm³/mol. The van der Waals surface area contributed by atoms with Crippen LogP contribution in [0.25, 0.3) is 0 Å². The van der Waals surface area contributed by atoms with E-state index in [0.29, 0.717) is 25.9 Å². The lowest BCUT2D eigenvalue weighted by atomic mass is 9.75. The number of carboxylic acids is 2. The van der Waals surface area contributed by atoms with Gasteiger partial charge in [-0.25, -0.2) is 0 Å². The molecular formula is C24H35NO8. The quantitative estimate of drug-likeness (QED) is 0.360. The highest BCUT2D eigenvalue weighted by Crippen LogP contribution is 2.44. The van der Waals surface area contributed by atoms with Crippen LogP contribution < -0.4 is 10.1 Å². The van der Waals surface area contributed by atoms with Crippen molar-refractivity contribution in [2.24, 2.45) is 11.3 Å². The molecule has 0 radical (unpaired) electrons. The number of ether oxygens (including phenoxy) is 3. The standard InChI is InChI=1S/C24H35NO8/c1-31-12-9-18(22(28)29)14-24(10-3-4-11-24)23(30)25-19(13-21(26)27)16-33-15-17-5-7-20(32-2)8-6-17/h5-8,18-19H,3-4,9-16H2,1-2H3,(H,25,30)(H,26,27)(H,28,29). The summed E-state index contributed by atoms with van der Waals surface area (Å²) in [5, 5.41) is 21.8. The zero-order chi connectivity index (χ0) is 24.3. The first-order valence-corrected chi connectivity index (χ1v) is 11.2. The molecule has 0 heterocycles. The largest absolute Gasteiger partial charge is 0.497 e. The van der Waals surface area contributed by atoms with Crippen molar-refractivity contribution >= 4 is 17.8 Å². The van der Waals surface area contributed by atoms with Gasteiger partial charge >= 0.3 is 11.9 Å². The maximum absolute atomic E-state index is 13.3. The van der Waals surface area contributed by atoms with Crippen molar-refractivity contribution in [3.63, 3.8) is 0 Å². The molecule has 2 unspecified atom stereocenters. The van der Waals surface area contributed by atoms with Gasteiger partial charge in [-0.2, -0.15) is 0 Å². The Morgan fingerprint density at radius 3 is 2.30 bits per heavy atom.